The van der Waals surface area contributed by atoms with Crippen molar-refractivity contribution in [1.29, 1.82) is 0 Å². The molecule has 0 aliphatic carbocycles. The van der Waals surface area contributed by atoms with Gasteiger partial charge in [-0.05, 0) is 48.9 Å². The third kappa shape index (κ3) is 3.61. The number of benzene rings is 4. The summed E-state index contributed by atoms with van der Waals surface area (Å²) in [6.45, 7) is 2.96. The Morgan fingerprint density at radius 2 is 1.55 bits per heavy atom. The van der Waals surface area contributed by atoms with Crippen molar-refractivity contribution in [3.63, 3.8) is 0 Å². The zero-order valence-corrected chi connectivity index (χ0v) is 21.5. The summed E-state index contributed by atoms with van der Waals surface area (Å²) in [7, 11) is 1.93. The molecular weight excluding hydrogens is 475 g/mol. The molecule has 3 atom stereocenters. The summed E-state index contributed by atoms with van der Waals surface area (Å²) in [5.41, 5.74) is 4.10. The first-order valence-electron chi connectivity index (χ1n) is 12.9. The second-order valence-corrected chi connectivity index (χ2v) is 10.3. The largest absolute Gasteiger partial charge is 0.306 e. The van der Waals surface area contributed by atoms with Gasteiger partial charge in [-0.2, -0.15) is 0 Å². The van der Waals surface area contributed by atoms with Gasteiger partial charge in [0.15, 0.2) is 5.78 Å². The molecule has 0 N–H and O–H groups in total. The highest BCUT2D eigenvalue weighted by Crippen LogP contribution is 2.57. The minimum Gasteiger partial charge on any atom is -0.306 e. The van der Waals surface area contributed by atoms with Crippen LogP contribution in [0, 0.1) is 18.7 Å². The summed E-state index contributed by atoms with van der Waals surface area (Å²) in [4.78, 5) is 33.1. The Kier molecular flexibility index (Phi) is 5.96. The number of aryl methyl sites for hydroxylation is 1. The van der Waals surface area contributed by atoms with Crippen molar-refractivity contribution in [2.24, 2.45) is 5.92 Å². The molecule has 0 radical (unpaired) electrons. The third-order valence-electron chi connectivity index (χ3n) is 8.33. The van der Waals surface area contributed by atoms with Crippen molar-refractivity contribution < 1.29 is 14.0 Å². The summed E-state index contributed by atoms with van der Waals surface area (Å²) >= 11 is 0. The minimum absolute atomic E-state index is 0.0785. The molecule has 1 fully saturated rings. The lowest BCUT2D eigenvalue weighted by atomic mass is 9.70. The summed E-state index contributed by atoms with van der Waals surface area (Å²) in [5, 5.41) is 0. The van der Waals surface area contributed by atoms with E-state index in [1.54, 1.807) is 12.1 Å². The molecule has 0 saturated carbocycles. The molecule has 2 aliphatic rings. The van der Waals surface area contributed by atoms with Gasteiger partial charge in [-0.15, -0.1) is 0 Å². The number of ketones is 1. The van der Waals surface area contributed by atoms with Crippen molar-refractivity contribution in [3.8, 4) is 0 Å². The molecule has 1 amide bonds. The van der Waals surface area contributed by atoms with E-state index in [0.29, 0.717) is 18.7 Å². The van der Waals surface area contributed by atoms with Gasteiger partial charge in [0.05, 0.1) is 12.5 Å². The molecule has 190 valence electrons. The fraction of sp³-hybridized carbons (Fsp3) is 0.212. The average molecular weight is 505 g/mol. The number of rotatable bonds is 5. The van der Waals surface area contributed by atoms with Gasteiger partial charge < -0.3 is 4.90 Å². The van der Waals surface area contributed by atoms with Crippen LogP contribution in [-0.4, -0.2) is 30.2 Å². The first kappa shape index (κ1) is 24.3. The number of hydrogen-bond acceptors (Lipinski definition) is 3. The molecule has 1 spiro atoms. The Labute approximate surface area is 222 Å². The maximum Gasteiger partial charge on any atom is 0.253 e. The van der Waals surface area contributed by atoms with Crippen LogP contribution in [0.1, 0.15) is 38.5 Å². The lowest BCUT2D eigenvalue weighted by molar-refractivity contribution is -0.129. The maximum absolute atomic E-state index is 14.8. The van der Waals surface area contributed by atoms with Crippen LogP contribution in [0.5, 0.6) is 0 Å². The number of carbonyl (C=O) groups is 2. The zero-order valence-electron chi connectivity index (χ0n) is 21.5. The van der Waals surface area contributed by atoms with Crippen LogP contribution in [0.2, 0.25) is 0 Å². The normalized spacial score (nSPS) is 22.7. The van der Waals surface area contributed by atoms with Gasteiger partial charge in [0.2, 0.25) is 0 Å². The number of nitrogens with zero attached hydrogens (tertiary/aromatic N) is 2. The monoisotopic (exact) mass is 504 g/mol. The van der Waals surface area contributed by atoms with E-state index in [1.165, 1.54) is 12.1 Å². The first-order chi connectivity index (χ1) is 18.4. The second kappa shape index (κ2) is 9.34. The van der Waals surface area contributed by atoms with E-state index >= 15 is 0 Å². The van der Waals surface area contributed by atoms with Gasteiger partial charge in [0.1, 0.15) is 11.4 Å². The van der Waals surface area contributed by atoms with Gasteiger partial charge >= 0.3 is 0 Å². The summed E-state index contributed by atoms with van der Waals surface area (Å²) in [5.74, 6) is -1.47. The minimum atomic E-state index is -1.18. The van der Waals surface area contributed by atoms with Crippen LogP contribution in [0.15, 0.2) is 103 Å². The predicted octanol–water partition coefficient (Wildman–Crippen LogP) is 6.10. The molecule has 0 aromatic heterocycles. The number of anilines is 1. The summed E-state index contributed by atoms with van der Waals surface area (Å²) in [6.07, 6.45) is 0. The van der Waals surface area contributed by atoms with Crippen LogP contribution in [-0.2, 0) is 16.9 Å². The molecule has 6 rings (SSSR count). The third-order valence-corrected chi connectivity index (χ3v) is 8.33. The first-order valence-corrected chi connectivity index (χ1v) is 12.9. The number of carbonyl (C=O) groups excluding carboxylic acids is 2. The Hall–Kier alpha value is -4.09. The number of amides is 1. The van der Waals surface area contributed by atoms with E-state index in [-0.39, 0.29) is 23.4 Å². The number of hydrogen-bond donors (Lipinski definition) is 0. The number of halogens is 1. The fourth-order valence-electron chi connectivity index (χ4n) is 6.48. The predicted molar refractivity (Wildman–Crippen MR) is 147 cm³/mol. The highest BCUT2D eigenvalue weighted by molar-refractivity contribution is 6.13. The van der Waals surface area contributed by atoms with Gasteiger partial charge in [-0.3, -0.25) is 14.5 Å². The summed E-state index contributed by atoms with van der Waals surface area (Å²) < 4.78 is 13.9. The maximum atomic E-state index is 14.8. The number of para-hydroxylation sites is 1. The van der Waals surface area contributed by atoms with Crippen molar-refractivity contribution >= 4 is 17.4 Å². The van der Waals surface area contributed by atoms with Crippen molar-refractivity contribution in [3.05, 3.63) is 137 Å². The van der Waals surface area contributed by atoms with Crippen LogP contribution in [0.4, 0.5) is 10.1 Å². The van der Waals surface area contributed by atoms with Gasteiger partial charge in [0.25, 0.3) is 5.91 Å². The number of likely N-dealkylation sites (N-methyl/N-ethyl adjacent to an activating group) is 1. The van der Waals surface area contributed by atoms with E-state index in [4.69, 9.17) is 0 Å². The average Bonchev–Trinajstić information content (AvgIpc) is 3.38. The quantitative estimate of drug-likeness (QED) is 0.308. The molecule has 2 heterocycles. The van der Waals surface area contributed by atoms with Crippen molar-refractivity contribution in [1.82, 2.24) is 4.90 Å². The zero-order chi connectivity index (χ0) is 26.4. The molecule has 1 saturated heterocycles. The molecule has 38 heavy (non-hydrogen) atoms. The van der Waals surface area contributed by atoms with Crippen LogP contribution in [0.25, 0.3) is 0 Å². The molecule has 4 aromatic rings. The number of fused-ring (bicyclic) bond motifs is 2. The summed E-state index contributed by atoms with van der Waals surface area (Å²) in [6, 6.07) is 31.5. The second-order valence-electron chi connectivity index (χ2n) is 10.3. The molecule has 0 unspecified atom stereocenters. The highest BCUT2D eigenvalue weighted by Gasteiger charge is 2.66. The van der Waals surface area contributed by atoms with E-state index in [1.807, 2.05) is 103 Å². The molecule has 4 aromatic carbocycles. The van der Waals surface area contributed by atoms with Crippen LogP contribution < -0.4 is 4.90 Å². The number of likely N-dealkylation sites (tertiary alicyclic amines) is 1. The van der Waals surface area contributed by atoms with Crippen LogP contribution >= 0.6 is 0 Å². The Balaban J connectivity index is 1.54. The smallest absolute Gasteiger partial charge is 0.253 e. The van der Waals surface area contributed by atoms with Gasteiger partial charge in [-0.1, -0.05) is 84.9 Å². The Morgan fingerprint density at radius 1 is 0.895 bits per heavy atom. The van der Waals surface area contributed by atoms with Crippen molar-refractivity contribution in [2.75, 3.05) is 18.5 Å². The molecule has 2 aliphatic heterocycles. The molecule has 4 nitrogen and oxygen atoms in total. The van der Waals surface area contributed by atoms with E-state index in [2.05, 4.69) is 0 Å². The molecule has 0 bridgehead atoms. The highest BCUT2D eigenvalue weighted by atomic mass is 19.1. The topological polar surface area (TPSA) is 40.6 Å². The van der Waals surface area contributed by atoms with Crippen molar-refractivity contribution in [2.45, 2.75) is 24.9 Å². The van der Waals surface area contributed by atoms with Gasteiger partial charge in [0, 0.05) is 29.3 Å². The molecule has 5 heteroatoms. The standard InChI is InChI=1S/C33H29FN2O2/c1-22-10-6-7-13-25(22)20-36-29-15-9-8-14-28(29)33(32(36)38)30(31(37)24-11-4-3-5-12-24)27(21-35(33)2)23-16-18-26(34)19-17-23/h3-19,27,30H,20-21H2,1-2H3/t27-,30-,33-/m0/s1. The fourth-order valence-corrected chi connectivity index (χ4v) is 6.48. The Morgan fingerprint density at radius 3 is 2.29 bits per heavy atom. The van der Waals surface area contributed by atoms with E-state index < -0.39 is 11.5 Å². The SMILES string of the molecule is Cc1ccccc1CN1C(=O)[C@]2(c3ccccc31)[C@H](C(=O)c1ccccc1)[C@H](c1ccc(F)cc1)CN2C. The van der Waals surface area contributed by atoms with Gasteiger partial charge in [-0.25, -0.2) is 4.39 Å². The number of Topliss-reactive ketones (excluding diaryl/α,β-unsaturated/α-hetero) is 1. The Bertz CT molecular complexity index is 1520. The lowest BCUT2D eigenvalue weighted by Crippen LogP contribution is -2.53. The van der Waals surface area contributed by atoms with E-state index in [9.17, 15) is 14.0 Å². The lowest BCUT2D eigenvalue weighted by Gasteiger charge is -2.36. The molecular formula is C33H29FN2O2. The van der Waals surface area contributed by atoms with Crippen LogP contribution in [0.3, 0.4) is 0 Å². The van der Waals surface area contributed by atoms with E-state index in [0.717, 1.165) is 27.9 Å².